The first kappa shape index (κ1) is 22.1. The van der Waals surface area contributed by atoms with Crippen LogP contribution in [0.15, 0.2) is 30.3 Å². The molecule has 0 heterocycles. The van der Waals surface area contributed by atoms with Gasteiger partial charge in [-0.25, -0.2) is 4.79 Å². The van der Waals surface area contributed by atoms with Gasteiger partial charge in [-0.1, -0.05) is 56.9 Å². The maximum Gasteiger partial charge on any atom is 0.335 e. The van der Waals surface area contributed by atoms with Crippen LogP contribution in [0.1, 0.15) is 81.1 Å². The van der Waals surface area contributed by atoms with Crippen LogP contribution in [-0.4, -0.2) is 28.1 Å². The number of hydrogen-bond donors (Lipinski definition) is 2. The lowest BCUT2D eigenvalue weighted by Crippen LogP contribution is -2.12. The van der Waals surface area contributed by atoms with Gasteiger partial charge in [0.1, 0.15) is 5.78 Å². The molecule has 144 valence electrons. The van der Waals surface area contributed by atoms with Crippen molar-refractivity contribution < 1.29 is 19.8 Å². The van der Waals surface area contributed by atoms with E-state index in [1.165, 1.54) is 0 Å². The molecule has 0 bridgehead atoms. The topological polar surface area (TPSA) is 74.6 Å². The fraction of sp³-hybridized carbons (Fsp3) is 0.545. The molecule has 1 aromatic rings. The van der Waals surface area contributed by atoms with Gasteiger partial charge in [0.2, 0.25) is 0 Å². The van der Waals surface area contributed by atoms with Gasteiger partial charge >= 0.3 is 5.97 Å². The van der Waals surface area contributed by atoms with E-state index >= 15 is 0 Å². The number of unbranched alkanes of at least 4 members (excludes halogenated alkanes) is 2. The molecule has 4 heteroatoms. The molecule has 0 fully saturated rings. The van der Waals surface area contributed by atoms with E-state index < -0.39 is 5.97 Å². The monoisotopic (exact) mass is 360 g/mol. The molecular formula is C22H32O4. The first-order valence-electron chi connectivity index (χ1n) is 9.62. The Labute approximate surface area is 156 Å². The zero-order valence-electron chi connectivity index (χ0n) is 16.0. The van der Waals surface area contributed by atoms with Gasteiger partial charge in [0, 0.05) is 5.92 Å². The summed E-state index contributed by atoms with van der Waals surface area (Å²) in [5.74, 6) is -0.828. The highest BCUT2D eigenvalue weighted by molar-refractivity contribution is 5.88. The predicted molar refractivity (Wildman–Crippen MR) is 105 cm³/mol. The standard InChI is InChI=1S/C22H32O4/c1-3-4-5-14-21(24)15-8-12-19(17(2)23)11-6-9-18-10-7-13-20(16-18)22(25)26/h6-7,9-10,13,16,19,21,24H,3-5,8,11-12,14-15H2,1-2H3,(H,25,26)/b9-6+. The zero-order valence-corrected chi connectivity index (χ0v) is 16.0. The van der Waals surface area contributed by atoms with Gasteiger partial charge in [-0.15, -0.1) is 0 Å². The molecule has 0 spiro atoms. The summed E-state index contributed by atoms with van der Waals surface area (Å²) in [5, 5.41) is 19.0. The van der Waals surface area contributed by atoms with Crippen LogP contribution in [0, 0.1) is 5.92 Å². The van der Waals surface area contributed by atoms with Crippen molar-refractivity contribution >= 4 is 17.8 Å². The Bertz CT molecular complexity index is 592. The van der Waals surface area contributed by atoms with Gasteiger partial charge in [0.25, 0.3) is 0 Å². The molecule has 0 saturated carbocycles. The number of aliphatic hydroxyl groups is 1. The molecule has 1 rings (SSSR count). The Kier molecular flexibility index (Phi) is 10.6. The van der Waals surface area contributed by atoms with Crippen molar-refractivity contribution in [2.45, 2.75) is 71.3 Å². The van der Waals surface area contributed by atoms with Crippen LogP contribution in [0.3, 0.4) is 0 Å². The second-order valence-corrected chi connectivity index (χ2v) is 6.96. The number of rotatable bonds is 13. The Balaban J connectivity index is 2.44. The van der Waals surface area contributed by atoms with Crippen LogP contribution in [0.4, 0.5) is 0 Å². The van der Waals surface area contributed by atoms with Crippen molar-refractivity contribution in [1.82, 2.24) is 0 Å². The summed E-state index contributed by atoms with van der Waals surface area (Å²) in [6.07, 6.45) is 10.8. The number of carboxylic acids is 1. The van der Waals surface area contributed by atoms with E-state index in [0.717, 1.165) is 50.5 Å². The highest BCUT2D eigenvalue weighted by Crippen LogP contribution is 2.18. The molecule has 0 aliphatic carbocycles. The predicted octanol–water partition coefficient (Wildman–Crippen LogP) is 5.10. The molecule has 0 saturated heterocycles. The van der Waals surface area contributed by atoms with Crippen LogP contribution < -0.4 is 0 Å². The summed E-state index contributed by atoms with van der Waals surface area (Å²) in [4.78, 5) is 22.8. The third-order valence-corrected chi connectivity index (χ3v) is 4.67. The summed E-state index contributed by atoms with van der Waals surface area (Å²) < 4.78 is 0. The van der Waals surface area contributed by atoms with Gasteiger partial charge in [-0.3, -0.25) is 4.79 Å². The van der Waals surface area contributed by atoms with Crippen LogP contribution in [0.25, 0.3) is 6.08 Å². The van der Waals surface area contributed by atoms with Crippen molar-refractivity contribution in [2.75, 3.05) is 0 Å². The number of hydrogen-bond acceptors (Lipinski definition) is 3. The lowest BCUT2D eigenvalue weighted by molar-refractivity contribution is -0.120. The number of aromatic carboxylic acids is 1. The number of carboxylic acid groups (broad SMARTS) is 1. The minimum absolute atomic E-state index is 0.0447. The normalized spacial score (nSPS) is 13.7. The molecule has 1 aromatic carbocycles. The zero-order chi connectivity index (χ0) is 19.4. The number of aliphatic hydroxyl groups excluding tert-OH is 1. The second kappa shape index (κ2) is 12.4. The maximum absolute atomic E-state index is 11.8. The lowest BCUT2D eigenvalue weighted by atomic mass is 9.92. The summed E-state index contributed by atoms with van der Waals surface area (Å²) >= 11 is 0. The number of Topliss-reactive ketones (excluding diaryl/α,β-unsaturated/α-hetero) is 1. The van der Waals surface area contributed by atoms with Gasteiger partial charge in [0.15, 0.2) is 0 Å². The molecule has 2 atom stereocenters. The molecule has 0 aliphatic heterocycles. The van der Waals surface area contributed by atoms with Gasteiger partial charge in [0.05, 0.1) is 11.7 Å². The molecule has 0 radical (unpaired) electrons. The number of allylic oxidation sites excluding steroid dienone is 1. The molecule has 26 heavy (non-hydrogen) atoms. The highest BCUT2D eigenvalue weighted by Gasteiger charge is 2.13. The maximum atomic E-state index is 11.8. The smallest absolute Gasteiger partial charge is 0.335 e. The third-order valence-electron chi connectivity index (χ3n) is 4.67. The SMILES string of the molecule is CCCCCC(O)CCCC(C/C=C/c1cccc(C(=O)O)c1)C(C)=O. The molecule has 0 aliphatic rings. The Morgan fingerprint density at radius 3 is 2.50 bits per heavy atom. The summed E-state index contributed by atoms with van der Waals surface area (Å²) in [6, 6.07) is 6.74. The van der Waals surface area contributed by atoms with E-state index in [1.54, 1.807) is 25.1 Å². The minimum Gasteiger partial charge on any atom is -0.478 e. The fourth-order valence-corrected chi connectivity index (χ4v) is 3.01. The summed E-state index contributed by atoms with van der Waals surface area (Å²) in [6.45, 7) is 3.76. The molecule has 2 unspecified atom stereocenters. The van der Waals surface area contributed by atoms with E-state index in [0.29, 0.717) is 6.42 Å². The van der Waals surface area contributed by atoms with Crippen LogP contribution >= 0.6 is 0 Å². The van der Waals surface area contributed by atoms with Crippen molar-refractivity contribution in [3.8, 4) is 0 Å². The second-order valence-electron chi connectivity index (χ2n) is 6.96. The van der Waals surface area contributed by atoms with Crippen LogP contribution in [0.5, 0.6) is 0 Å². The minimum atomic E-state index is -0.945. The van der Waals surface area contributed by atoms with Gasteiger partial charge in [-0.2, -0.15) is 0 Å². The molecule has 4 nitrogen and oxygen atoms in total. The number of benzene rings is 1. The van der Waals surface area contributed by atoms with E-state index in [9.17, 15) is 14.7 Å². The van der Waals surface area contributed by atoms with Gasteiger partial charge in [-0.05, 0) is 50.3 Å². The van der Waals surface area contributed by atoms with E-state index in [1.807, 2.05) is 18.2 Å². The Hall–Kier alpha value is -1.94. The van der Waals surface area contributed by atoms with E-state index in [2.05, 4.69) is 6.92 Å². The molecule has 0 amide bonds. The number of carbonyl (C=O) groups is 2. The largest absolute Gasteiger partial charge is 0.478 e. The first-order valence-corrected chi connectivity index (χ1v) is 9.62. The van der Waals surface area contributed by atoms with Crippen molar-refractivity contribution in [3.05, 3.63) is 41.5 Å². The fourth-order valence-electron chi connectivity index (χ4n) is 3.01. The van der Waals surface area contributed by atoms with Crippen molar-refractivity contribution in [2.24, 2.45) is 5.92 Å². The first-order chi connectivity index (χ1) is 12.4. The van der Waals surface area contributed by atoms with Crippen LogP contribution in [0.2, 0.25) is 0 Å². The summed E-state index contributed by atoms with van der Waals surface area (Å²) in [7, 11) is 0. The van der Waals surface area contributed by atoms with Gasteiger partial charge < -0.3 is 10.2 Å². The average Bonchev–Trinajstić information content (AvgIpc) is 2.60. The molecule has 0 aromatic heterocycles. The number of ketones is 1. The third kappa shape index (κ3) is 8.95. The Morgan fingerprint density at radius 2 is 1.85 bits per heavy atom. The highest BCUT2D eigenvalue weighted by atomic mass is 16.4. The van der Waals surface area contributed by atoms with Crippen molar-refractivity contribution in [1.29, 1.82) is 0 Å². The van der Waals surface area contributed by atoms with E-state index in [-0.39, 0.29) is 23.4 Å². The quantitative estimate of drug-likeness (QED) is 0.480. The van der Waals surface area contributed by atoms with Crippen molar-refractivity contribution in [3.63, 3.8) is 0 Å². The van der Waals surface area contributed by atoms with E-state index in [4.69, 9.17) is 5.11 Å². The summed E-state index contributed by atoms with van der Waals surface area (Å²) in [5.41, 5.74) is 1.07. The molecule has 2 N–H and O–H groups in total. The molecular weight excluding hydrogens is 328 g/mol. The average molecular weight is 360 g/mol. The number of carbonyl (C=O) groups excluding carboxylic acids is 1. The van der Waals surface area contributed by atoms with Crippen LogP contribution in [-0.2, 0) is 4.79 Å². The lowest BCUT2D eigenvalue weighted by Gasteiger charge is -2.14. The Morgan fingerprint density at radius 1 is 1.12 bits per heavy atom.